The van der Waals surface area contributed by atoms with Gasteiger partial charge in [-0.05, 0) is 19.5 Å². The number of nitrogens with zero attached hydrogens (tertiary/aromatic N) is 1. The second kappa shape index (κ2) is 6.35. The lowest BCUT2D eigenvalue weighted by Gasteiger charge is -2.32. The molecule has 0 aromatic carbocycles. The minimum atomic E-state index is 0.403. The summed E-state index contributed by atoms with van der Waals surface area (Å²) in [5, 5.41) is 3.40. The van der Waals surface area contributed by atoms with E-state index in [0.717, 1.165) is 39.3 Å². The molecule has 1 aliphatic heterocycles. The summed E-state index contributed by atoms with van der Waals surface area (Å²) in [6.45, 7) is 10.7. The molecule has 1 atom stereocenters. The normalized spacial score (nSPS) is 24.9. The first-order valence-electron chi connectivity index (χ1n) is 5.41. The Morgan fingerprint density at radius 3 is 3.00 bits per heavy atom. The van der Waals surface area contributed by atoms with Crippen LogP contribution in [0, 0.1) is 0 Å². The van der Waals surface area contributed by atoms with Crippen LogP contribution in [0.25, 0.3) is 0 Å². The van der Waals surface area contributed by atoms with E-state index < -0.39 is 0 Å². The molecule has 78 valence electrons. The molecular formula is C10H22N2O. The lowest BCUT2D eigenvalue weighted by atomic mass is 10.2. The second-order valence-corrected chi connectivity index (χ2v) is 3.59. The minimum absolute atomic E-state index is 0.403. The summed E-state index contributed by atoms with van der Waals surface area (Å²) in [4.78, 5) is 2.45. The third-order valence-electron chi connectivity index (χ3n) is 2.47. The highest BCUT2D eigenvalue weighted by Crippen LogP contribution is 2.03. The molecule has 1 rings (SSSR count). The third-order valence-corrected chi connectivity index (χ3v) is 2.47. The Labute approximate surface area is 81.4 Å². The zero-order valence-electron chi connectivity index (χ0n) is 8.88. The summed E-state index contributed by atoms with van der Waals surface area (Å²) in [6, 6.07) is 0. The SMILES string of the molecule is CCCNCC1CN(CC)CCO1. The highest BCUT2D eigenvalue weighted by Gasteiger charge is 2.18. The zero-order chi connectivity index (χ0) is 9.52. The smallest absolute Gasteiger partial charge is 0.0826 e. The van der Waals surface area contributed by atoms with Crippen LogP contribution < -0.4 is 5.32 Å². The third kappa shape index (κ3) is 4.07. The highest BCUT2D eigenvalue weighted by molar-refractivity contribution is 4.72. The number of rotatable bonds is 5. The van der Waals surface area contributed by atoms with Gasteiger partial charge in [-0.2, -0.15) is 0 Å². The maximum atomic E-state index is 5.65. The van der Waals surface area contributed by atoms with E-state index in [4.69, 9.17) is 4.74 Å². The van der Waals surface area contributed by atoms with Crippen molar-refractivity contribution in [1.82, 2.24) is 10.2 Å². The first-order chi connectivity index (χ1) is 6.36. The summed E-state index contributed by atoms with van der Waals surface area (Å²) in [7, 11) is 0. The fourth-order valence-corrected chi connectivity index (χ4v) is 1.63. The first-order valence-corrected chi connectivity index (χ1v) is 5.41. The van der Waals surface area contributed by atoms with Crippen LogP contribution in [0.5, 0.6) is 0 Å². The molecule has 0 saturated carbocycles. The molecule has 3 heteroatoms. The van der Waals surface area contributed by atoms with Gasteiger partial charge in [0.15, 0.2) is 0 Å². The van der Waals surface area contributed by atoms with Crippen LogP contribution in [0.15, 0.2) is 0 Å². The molecular weight excluding hydrogens is 164 g/mol. The average Bonchev–Trinajstić information content (AvgIpc) is 2.19. The predicted octanol–water partition coefficient (Wildman–Crippen LogP) is 0.707. The lowest BCUT2D eigenvalue weighted by molar-refractivity contribution is -0.0251. The molecule has 1 unspecified atom stereocenters. The molecule has 0 spiro atoms. The van der Waals surface area contributed by atoms with Crippen molar-refractivity contribution in [2.45, 2.75) is 26.4 Å². The number of morpholine rings is 1. The predicted molar refractivity (Wildman–Crippen MR) is 55.0 cm³/mol. The molecule has 1 saturated heterocycles. The largest absolute Gasteiger partial charge is 0.374 e. The highest BCUT2D eigenvalue weighted by atomic mass is 16.5. The molecule has 1 heterocycles. The standard InChI is InChI=1S/C10H22N2O/c1-3-5-11-8-10-9-12(4-2)6-7-13-10/h10-11H,3-9H2,1-2H3. The van der Waals surface area contributed by atoms with Gasteiger partial charge < -0.3 is 10.1 Å². The topological polar surface area (TPSA) is 24.5 Å². The van der Waals surface area contributed by atoms with Crippen molar-refractivity contribution in [2.24, 2.45) is 0 Å². The van der Waals surface area contributed by atoms with Gasteiger partial charge in [-0.1, -0.05) is 13.8 Å². The Morgan fingerprint density at radius 1 is 1.46 bits per heavy atom. The molecule has 1 fully saturated rings. The number of likely N-dealkylation sites (N-methyl/N-ethyl adjacent to an activating group) is 1. The van der Waals surface area contributed by atoms with Gasteiger partial charge >= 0.3 is 0 Å². The van der Waals surface area contributed by atoms with Crippen molar-refractivity contribution in [1.29, 1.82) is 0 Å². The minimum Gasteiger partial charge on any atom is -0.374 e. The van der Waals surface area contributed by atoms with Crippen molar-refractivity contribution in [3.8, 4) is 0 Å². The Morgan fingerprint density at radius 2 is 2.31 bits per heavy atom. The Kier molecular flexibility index (Phi) is 5.35. The van der Waals surface area contributed by atoms with Crippen LogP contribution in [0.2, 0.25) is 0 Å². The Bertz CT molecular complexity index is 130. The van der Waals surface area contributed by atoms with Crippen molar-refractivity contribution < 1.29 is 4.74 Å². The van der Waals surface area contributed by atoms with Crippen LogP contribution in [0.4, 0.5) is 0 Å². The molecule has 13 heavy (non-hydrogen) atoms. The lowest BCUT2D eigenvalue weighted by Crippen LogP contribution is -2.46. The van der Waals surface area contributed by atoms with E-state index in [1.807, 2.05) is 0 Å². The Hall–Kier alpha value is -0.120. The maximum Gasteiger partial charge on any atom is 0.0826 e. The number of ether oxygens (including phenoxy) is 1. The van der Waals surface area contributed by atoms with Gasteiger partial charge in [-0.15, -0.1) is 0 Å². The molecule has 0 aliphatic carbocycles. The second-order valence-electron chi connectivity index (χ2n) is 3.59. The molecule has 0 aromatic rings. The van der Waals surface area contributed by atoms with E-state index in [-0.39, 0.29) is 0 Å². The molecule has 1 N–H and O–H groups in total. The molecule has 3 nitrogen and oxygen atoms in total. The van der Waals surface area contributed by atoms with Gasteiger partial charge in [-0.25, -0.2) is 0 Å². The number of hydrogen-bond donors (Lipinski definition) is 1. The maximum absolute atomic E-state index is 5.65. The molecule has 0 aromatic heterocycles. The van der Waals surface area contributed by atoms with Crippen LogP contribution in [0.1, 0.15) is 20.3 Å². The molecule has 0 bridgehead atoms. The van der Waals surface area contributed by atoms with Gasteiger partial charge in [0.25, 0.3) is 0 Å². The molecule has 0 amide bonds. The van der Waals surface area contributed by atoms with Gasteiger partial charge in [0.1, 0.15) is 0 Å². The summed E-state index contributed by atoms with van der Waals surface area (Å²) in [5.41, 5.74) is 0. The van der Waals surface area contributed by atoms with E-state index in [0.29, 0.717) is 6.10 Å². The fourth-order valence-electron chi connectivity index (χ4n) is 1.63. The Balaban J connectivity index is 2.11. The fraction of sp³-hybridized carbons (Fsp3) is 1.00. The summed E-state index contributed by atoms with van der Waals surface area (Å²) >= 11 is 0. The van der Waals surface area contributed by atoms with E-state index in [1.54, 1.807) is 0 Å². The molecule has 0 radical (unpaired) electrons. The summed E-state index contributed by atoms with van der Waals surface area (Å²) in [5.74, 6) is 0. The van der Waals surface area contributed by atoms with Gasteiger partial charge in [0, 0.05) is 19.6 Å². The quantitative estimate of drug-likeness (QED) is 0.640. The summed E-state index contributed by atoms with van der Waals surface area (Å²) in [6.07, 6.45) is 1.60. The summed E-state index contributed by atoms with van der Waals surface area (Å²) < 4.78 is 5.65. The number of hydrogen-bond acceptors (Lipinski definition) is 3. The van der Waals surface area contributed by atoms with Gasteiger partial charge in [-0.3, -0.25) is 4.90 Å². The van der Waals surface area contributed by atoms with Crippen molar-refractivity contribution in [2.75, 3.05) is 39.3 Å². The van der Waals surface area contributed by atoms with E-state index in [9.17, 15) is 0 Å². The molecule has 1 aliphatic rings. The van der Waals surface area contributed by atoms with Crippen LogP contribution in [-0.4, -0.2) is 50.3 Å². The first kappa shape index (κ1) is 11.0. The zero-order valence-corrected chi connectivity index (χ0v) is 8.88. The van der Waals surface area contributed by atoms with E-state index in [2.05, 4.69) is 24.1 Å². The van der Waals surface area contributed by atoms with Crippen LogP contribution in [0.3, 0.4) is 0 Å². The van der Waals surface area contributed by atoms with Gasteiger partial charge in [0.05, 0.1) is 12.7 Å². The average molecular weight is 186 g/mol. The van der Waals surface area contributed by atoms with E-state index in [1.165, 1.54) is 6.42 Å². The van der Waals surface area contributed by atoms with E-state index >= 15 is 0 Å². The van der Waals surface area contributed by atoms with Gasteiger partial charge in [0.2, 0.25) is 0 Å². The van der Waals surface area contributed by atoms with Crippen LogP contribution >= 0.6 is 0 Å². The van der Waals surface area contributed by atoms with Crippen molar-refractivity contribution >= 4 is 0 Å². The monoisotopic (exact) mass is 186 g/mol. The number of nitrogens with one attached hydrogen (secondary N) is 1. The van der Waals surface area contributed by atoms with Crippen molar-refractivity contribution in [3.63, 3.8) is 0 Å². The van der Waals surface area contributed by atoms with Crippen LogP contribution in [-0.2, 0) is 4.74 Å². The van der Waals surface area contributed by atoms with Crippen molar-refractivity contribution in [3.05, 3.63) is 0 Å².